The van der Waals surface area contributed by atoms with Crippen LogP contribution < -0.4 is 5.32 Å². The third kappa shape index (κ3) is 3.80. The number of aromatic nitrogens is 2. The van der Waals surface area contributed by atoms with E-state index in [1.165, 1.54) is 30.8 Å². The highest BCUT2D eigenvalue weighted by Gasteiger charge is 2.18. The quantitative estimate of drug-likeness (QED) is 0.883. The number of aryl methyl sites for hydroxylation is 2. The maximum absolute atomic E-state index is 4.65. The molecule has 1 saturated heterocycles. The normalized spacial score (nSPS) is 21.5. The Hall–Kier alpha value is -0.870. The van der Waals surface area contributed by atoms with Crippen LogP contribution in [-0.4, -0.2) is 40.4 Å². The number of hydrogen-bond donors (Lipinski definition) is 1. The lowest BCUT2D eigenvalue weighted by atomic mass is 10.2. The first-order chi connectivity index (χ1) is 9.26. The van der Waals surface area contributed by atoms with Gasteiger partial charge in [-0.1, -0.05) is 13.8 Å². The average Bonchev–Trinajstić information content (AvgIpc) is 2.68. The Kier molecular flexibility index (Phi) is 5.40. The fraction of sp³-hybridized carbons (Fsp3) is 0.800. The van der Waals surface area contributed by atoms with Crippen molar-refractivity contribution in [2.24, 2.45) is 0 Å². The van der Waals surface area contributed by atoms with E-state index >= 15 is 0 Å². The molecule has 0 aromatic carbocycles. The molecule has 4 heteroatoms. The van der Waals surface area contributed by atoms with Crippen molar-refractivity contribution in [3.05, 3.63) is 17.5 Å². The first-order valence-electron chi connectivity index (χ1n) is 7.78. The molecule has 0 saturated carbocycles. The summed E-state index contributed by atoms with van der Waals surface area (Å²) in [7, 11) is 0. The molecule has 1 aromatic heterocycles. The molecule has 0 spiro atoms. The zero-order valence-corrected chi connectivity index (χ0v) is 12.7. The number of nitrogens with zero attached hydrogens (tertiary/aromatic N) is 3. The molecule has 1 aromatic rings. The second-order valence-corrected chi connectivity index (χ2v) is 5.44. The zero-order valence-electron chi connectivity index (χ0n) is 12.7. The van der Waals surface area contributed by atoms with Gasteiger partial charge in [0, 0.05) is 25.7 Å². The number of hydrogen-bond acceptors (Lipinski definition) is 3. The summed E-state index contributed by atoms with van der Waals surface area (Å²) in [4.78, 5) is 2.58. The summed E-state index contributed by atoms with van der Waals surface area (Å²) in [5.41, 5.74) is 2.59. The summed E-state index contributed by atoms with van der Waals surface area (Å²) in [5, 5.41) is 8.28. The molecule has 0 amide bonds. The van der Waals surface area contributed by atoms with E-state index in [0.29, 0.717) is 6.04 Å². The maximum Gasteiger partial charge on any atom is 0.0625 e. The fourth-order valence-electron chi connectivity index (χ4n) is 2.81. The molecule has 1 atom stereocenters. The van der Waals surface area contributed by atoms with E-state index in [0.717, 1.165) is 32.6 Å². The van der Waals surface area contributed by atoms with E-state index in [4.69, 9.17) is 0 Å². The van der Waals surface area contributed by atoms with Gasteiger partial charge in [-0.05, 0) is 45.3 Å². The minimum Gasteiger partial charge on any atom is -0.313 e. The summed E-state index contributed by atoms with van der Waals surface area (Å²) >= 11 is 0. The van der Waals surface area contributed by atoms with Gasteiger partial charge in [0.15, 0.2) is 0 Å². The second kappa shape index (κ2) is 7.06. The standard InChI is InChI=1S/C15H28N4/c1-4-13-10-15(19(6-3)17-13)12-18-9-7-8-16-14(5-2)11-18/h10,14,16H,4-9,11-12H2,1-3H3. The number of nitrogens with one attached hydrogen (secondary N) is 1. The third-order valence-electron chi connectivity index (χ3n) is 4.02. The Morgan fingerprint density at radius 3 is 2.89 bits per heavy atom. The number of rotatable bonds is 5. The predicted molar refractivity (Wildman–Crippen MR) is 79.3 cm³/mol. The molecule has 0 radical (unpaired) electrons. The Bertz CT molecular complexity index is 385. The molecule has 1 aliphatic heterocycles. The maximum atomic E-state index is 4.65. The Labute approximate surface area is 117 Å². The minimum absolute atomic E-state index is 0.645. The lowest BCUT2D eigenvalue weighted by molar-refractivity contribution is 0.250. The van der Waals surface area contributed by atoms with Gasteiger partial charge in [-0.2, -0.15) is 5.10 Å². The van der Waals surface area contributed by atoms with Crippen LogP contribution in [0.15, 0.2) is 6.07 Å². The van der Waals surface area contributed by atoms with Gasteiger partial charge in [0.05, 0.1) is 11.4 Å². The molecular formula is C15H28N4. The van der Waals surface area contributed by atoms with Crippen LogP contribution in [-0.2, 0) is 19.5 Å². The van der Waals surface area contributed by atoms with E-state index in [9.17, 15) is 0 Å². The average molecular weight is 264 g/mol. The Morgan fingerprint density at radius 1 is 1.37 bits per heavy atom. The van der Waals surface area contributed by atoms with Crippen LogP contribution in [0.3, 0.4) is 0 Å². The van der Waals surface area contributed by atoms with Gasteiger partial charge in [0.2, 0.25) is 0 Å². The van der Waals surface area contributed by atoms with Crippen molar-refractivity contribution in [1.82, 2.24) is 20.0 Å². The van der Waals surface area contributed by atoms with Crippen LogP contribution in [0.2, 0.25) is 0 Å². The first kappa shape index (κ1) is 14.5. The van der Waals surface area contributed by atoms with E-state index in [-0.39, 0.29) is 0 Å². The van der Waals surface area contributed by atoms with Crippen LogP contribution in [0.4, 0.5) is 0 Å². The van der Waals surface area contributed by atoms with Crippen LogP contribution in [0.25, 0.3) is 0 Å². The van der Waals surface area contributed by atoms with E-state index < -0.39 is 0 Å². The van der Waals surface area contributed by atoms with Crippen LogP contribution in [0.1, 0.15) is 45.0 Å². The van der Waals surface area contributed by atoms with Crippen molar-refractivity contribution in [2.45, 2.75) is 59.2 Å². The van der Waals surface area contributed by atoms with Crippen LogP contribution >= 0.6 is 0 Å². The van der Waals surface area contributed by atoms with Crippen LogP contribution in [0.5, 0.6) is 0 Å². The summed E-state index contributed by atoms with van der Waals surface area (Å²) in [6.07, 6.45) is 3.49. The largest absolute Gasteiger partial charge is 0.313 e. The van der Waals surface area contributed by atoms with Crippen LogP contribution in [0, 0.1) is 0 Å². The van der Waals surface area contributed by atoms with Crippen molar-refractivity contribution in [1.29, 1.82) is 0 Å². The molecule has 2 heterocycles. The molecule has 1 unspecified atom stereocenters. The third-order valence-corrected chi connectivity index (χ3v) is 4.02. The molecule has 1 aliphatic rings. The Balaban J connectivity index is 2.04. The highest BCUT2D eigenvalue weighted by molar-refractivity contribution is 5.10. The van der Waals surface area contributed by atoms with Gasteiger partial charge in [-0.15, -0.1) is 0 Å². The van der Waals surface area contributed by atoms with Gasteiger partial charge in [-0.25, -0.2) is 0 Å². The summed E-state index contributed by atoms with van der Waals surface area (Å²) in [6, 6.07) is 2.93. The topological polar surface area (TPSA) is 33.1 Å². The lowest BCUT2D eigenvalue weighted by Crippen LogP contribution is -2.37. The van der Waals surface area contributed by atoms with Gasteiger partial charge in [0.25, 0.3) is 0 Å². The van der Waals surface area contributed by atoms with E-state index in [2.05, 4.69) is 46.8 Å². The smallest absolute Gasteiger partial charge is 0.0625 e. The van der Waals surface area contributed by atoms with Crippen molar-refractivity contribution in [3.63, 3.8) is 0 Å². The van der Waals surface area contributed by atoms with Crippen molar-refractivity contribution < 1.29 is 0 Å². The molecule has 0 bridgehead atoms. The molecule has 2 rings (SSSR count). The monoisotopic (exact) mass is 264 g/mol. The summed E-state index contributed by atoms with van der Waals surface area (Å²) < 4.78 is 2.16. The van der Waals surface area contributed by atoms with Crippen molar-refractivity contribution >= 4 is 0 Å². The Morgan fingerprint density at radius 2 is 2.21 bits per heavy atom. The molecule has 1 N–H and O–H groups in total. The van der Waals surface area contributed by atoms with E-state index in [1.54, 1.807) is 0 Å². The molecule has 1 fully saturated rings. The minimum atomic E-state index is 0.645. The molecule has 108 valence electrons. The fourth-order valence-corrected chi connectivity index (χ4v) is 2.81. The SMILES string of the molecule is CCc1cc(CN2CCCNC(CC)C2)n(CC)n1. The highest BCUT2D eigenvalue weighted by atomic mass is 15.3. The van der Waals surface area contributed by atoms with Gasteiger partial charge >= 0.3 is 0 Å². The molecule has 19 heavy (non-hydrogen) atoms. The predicted octanol–water partition coefficient (Wildman–Crippen LogP) is 2.04. The highest BCUT2D eigenvalue weighted by Crippen LogP contribution is 2.12. The summed E-state index contributed by atoms with van der Waals surface area (Å²) in [5.74, 6) is 0. The van der Waals surface area contributed by atoms with E-state index in [1.807, 2.05) is 0 Å². The molecule has 0 aliphatic carbocycles. The van der Waals surface area contributed by atoms with Gasteiger partial charge < -0.3 is 5.32 Å². The first-order valence-corrected chi connectivity index (χ1v) is 7.78. The zero-order chi connectivity index (χ0) is 13.7. The van der Waals surface area contributed by atoms with Crippen molar-refractivity contribution in [2.75, 3.05) is 19.6 Å². The molecule has 4 nitrogen and oxygen atoms in total. The van der Waals surface area contributed by atoms with Crippen molar-refractivity contribution in [3.8, 4) is 0 Å². The van der Waals surface area contributed by atoms with Gasteiger partial charge in [0.1, 0.15) is 0 Å². The lowest BCUT2D eigenvalue weighted by Gasteiger charge is -2.23. The summed E-state index contributed by atoms with van der Waals surface area (Å²) in [6.45, 7) is 12.1. The van der Waals surface area contributed by atoms with Gasteiger partial charge in [-0.3, -0.25) is 9.58 Å². The second-order valence-electron chi connectivity index (χ2n) is 5.44. The molecular weight excluding hydrogens is 236 g/mol.